The average molecular weight is 352 g/mol. The number of aliphatic carboxylic acids is 2. The van der Waals surface area contributed by atoms with Gasteiger partial charge in [0.15, 0.2) is 0 Å². The van der Waals surface area contributed by atoms with Crippen LogP contribution in [0.3, 0.4) is 0 Å². The van der Waals surface area contributed by atoms with Gasteiger partial charge in [0, 0.05) is 30.7 Å². The molecule has 1 aliphatic rings. The maximum absolute atomic E-state index is 12.1. The van der Waals surface area contributed by atoms with Gasteiger partial charge in [-0.3, -0.25) is 4.98 Å². The van der Waals surface area contributed by atoms with Crippen molar-refractivity contribution in [1.82, 2.24) is 4.98 Å². The Balaban J connectivity index is 2.32. The lowest BCUT2D eigenvalue weighted by Gasteiger charge is -2.41. The number of pyridine rings is 1. The highest BCUT2D eigenvalue weighted by Crippen LogP contribution is 2.49. The van der Waals surface area contributed by atoms with Gasteiger partial charge in [0.25, 0.3) is 0 Å². The molecule has 2 aromatic rings. The highest BCUT2D eigenvalue weighted by atomic mass is 16.4. The molecule has 1 unspecified atom stereocenters. The molecule has 0 bridgehead atoms. The Hall–Kier alpha value is -3.15. The van der Waals surface area contributed by atoms with Crippen molar-refractivity contribution in [3.63, 3.8) is 0 Å². The molecule has 0 amide bonds. The van der Waals surface area contributed by atoms with Crippen molar-refractivity contribution in [2.24, 2.45) is 0 Å². The molecule has 0 saturated heterocycles. The van der Waals surface area contributed by atoms with Gasteiger partial charge < -0.3 is 15.1 Å². The highest BCUT2D eigenvalue weighted by molar-refractivity contribution is 5.98. The zero-order valence-electron chi connectivity index (χ0n) is 14.4. The lowest BCUT2D eigenvalue weighted by atomic mass is 9.78. The number of benzene rings is 1. The van der Waals surface area contributed by atoms with Gasteiger partial charge in [-0.25, -0.2) is 9.59 Å². The molecule has 3 rings (SSSR count). The van der Waals surface area contributed by atoms with Gasteiger partial charge in [0.2, 0.25) is 0 Å². The van der Waals surface area contributed by atoms with E-state index in [1.807, 2.05) is 48.2 Å². The van der Waals surface area contributed by atoms with Crippen LogP contribution in [0.2, 0.25) is 0 Å². The van der Waals surface area contributed by atoms with Crippen molar-refractivity contribution < 1.29 is 19.8 Å². The Bertz CT molecular complexity index is 863. The highest BCUT2D eigenvalue weighted by Gasteiger charge is 2.50. The SMILES string of the molecule is CCCC1(C(=CC(=O)O)C(=O)O)c2ccccc2CN1c1ccncc1. The van der Waals surface area contributed by atoms with E-state index in [9.17, 15) is 19.8 Å². The summed E-state index contributed by atoms with van der Waals surface area (Å²) in [7, 11) is 0. The fourth-order valence-electron chi connectivity index (χ4n) is 3.89. The van der Waals surface area contributed by atoms with Gasteiger partial charge in [-0.2, -0.15) is 0 Å². The molecule has 1 aliphatic heterocycles. The van der Waals surface area contributed by atoms with Crippen LogP contribution in [0.5, 0.6) is 0 Å². The Morgan fingerprint density at radius 1 is 1.19 bits per heavy atom. The summed E-state index contributed by atoms with van der Waals surface area (Å²) >= 11 is 0. The minimum absolute atomic E-state index is 0.131. The first kappa shape index (κ1) is 17.7. The molecule has 6 nitrogen and oxygen atoms in total. The largest absolute Gasteiger partial charge is 0.478 e. The summed E-state index contributed by atoms with van der Waals surface area (Å²) in [4.78, 5) is 29.5. The number of hydrogen-bond acceptors (Lipinski definition) is 4. The van der Waals surface area contributed by atoms with E-state index < -0.39 is 17.5 Å². The molecule has 1 aromatic heterocycles. The summed E-state index contributed by atoms with van der Waals surface area (Å²) in [5, 5.41) is 19.2. The predicted octanol–water partition coefficient (Wildman–Crippen LogP) is 3.19. The lowest BCUT2D eigenvalue weighted by molar-refractivity contribution is -0.135. The van der Waals surface area contributed by atoms with Crippen LogP contribution < -0.4 is 4.90 Å². The third-order valence-electron chi connectivity index (χ3n) is 4.78. The summed E-state index contributed by atoms with van der Waals surface area (Å²) in [6.07, 6.45) is 5.30. The Morgan fingerprint density at radius 2 is 1.88 bits per heavy atom. The maximum Gasteiger partial charge on any atom is 0.334 e. The monoisotopic (exact) mass is 352 g/mol. The third-order valence-corrected chi connectivity index (χ3v) is 4.78. The number of anilines is 1. The summed E-state index contributed by atoms with van der Waals surface area (Å²) < 4.78 is 0. The first-order valence-electron chi connectivity index (χ1n) is 8.45. The van der Waals surface area contributed by atoms with Crippen molar-refractivity contribution >= 4 is 17.6 Å². The molecule has 1 aromatic carbocycles. The zero-order chi connectivity index (χ0) is 18.7. The van der Waals surface area contributed by atoms with Gasteiger partial charge in [-0.05, 0) is 29.7 Å². The van der Waals surface area contributed by atoms with E-state index >= 15 is 0 Å². The van der Waals surface area contributed by atoms with Crippen LogP contribution in [0.25, 0.3) is 0 Å². The van der Waals surface area contributed by atoms with Crippen molar-refractivity contribution in [3.8, 4) is 0 Å². The van der Waals surface area contributed by atoms with Crippen LogP contribution in [-0.2, 0) is 21.7 Å². The standard InChI is InChI=1S/C20H20N2O4/c1-2-9-20(17(19(25)26)12-18(23)24)16-6-4-3-5-14(16)13-22(20)15-7-10-21-11-8-15/h3-8,10-12H,2,9,13H2,1H3,(H,23,24)(H,25,26). The van der Waals surface area contributed by atoms with E-state index in [1.54, 1.807) is 12.4 Å². The molecule has 1 atom stereocenters. The molecule has 2 N–H and O–H groups in total. The Morgan fingerprint density at radius 3 is 2.50 bits per heavy atom. The molecule has 2 heterocycles. The topological polar surface area (TPSA) is 90.7 Å². The van der Waals surface area contributed by atoms with E-state index in [-0.39, 0.29) is 5.57 Å². The zero-order valence-corrected chi connectivity index (χ0v) is 14.4. The van der Waals surface area contributed by atoms with Crippen LogP contribution >= 0.6 is 0 Å². The number of carbonyl (C=O) groups is 2. The summed E-state index contributed by atoms with van der Waals surface area (Å²) in [6, 6.07) is 11.3. The molecule has 0 saturated carbocycles. The van der Waals surface area contributed by atoms with Crippen LogP contribution in [0.4, 0.5) is 5.69 Å². The van der Waals surface area contributed by atoms with Crippen molar-refractivity contribution in [2.75, 3.05) is 4.90 Å². The molecule has 0 fully saturated rings. The van der Waals surface area contributed by atoms with E-state index in [0.29, 0.717) is 19.4 Å². The van der Waals surface area contributed by atoms with Gasteiger partial charge in [-0.15, -0.1) is 0 Å². The number of carboxylic acid groups (broad SMARTS) is 2. The van der Waals surface area contributed by atoms with Crippen molar-refractivity contribution in [3.05, 3.63) is 71.6 Å². The second-order valence-corrected chi connectivity index (χ2v) is 6.26. The number of carboxylic acids is 2. The molecule has 0 spiro atoms. The summed E-state index contributed by atoms with van der Waals surface area (Å²) in [6.45, 7) is 2.47. The predicted molar refractivity (Wildman–Crippen MR) is 96.8 cm³/mol. The second kappa shape index (κ2) is 7.00. The van der Waals surface area contributed by atoms with Crippen LogP contribution in [0, 0.1) is 0 Å². The number of hydrogen-bond donors (Lipinski definition) is 2. The van der Waals surface area contributed by atoms with Crippen LogP contribution in [-0.4, -0.2) is 27.1 Å². The first-order valence-corrected chi connectivity index (χ1v) is 8.45. The Kier molecular flexibility index (Phi) is 4.75. The van der Waals surface area contributed by atoms with Gasteiger partial charge in [0.05, 0.1) is 11.1 Å². The van der Waals surface area contributed by atoms with Gasteiger partial charge in [-0.1, -0.05) is 37.6 Å². The number of nitrogens with zero attached hydrogens (tertiary/aromatic N) is 2. The van der Waals surface area contributed by atoms with Crippen molar-refractivity contribution in [1.29, 1.82) is 0 Å². The van der Waals surface area contributed by atoms with Gasteiger partial charge >= 0.3 is 11.9 Å². The molecule has 6 heteroatoms. The van der Waals surface area contributed by atoms with E-state index in [2.05, 4.69) is 4.98 Å². The number of rotatable bonds is 6. The second-order valence-electron chi connectivity index (χ2n) is 6.26. The molecular weight excluding hydrogens is 332 g/mol. The molecule has 26 heavy (non-hydrogen) atoms. The minimum atomic E-state index is -1.27. The molecule has 0 radical (unpaired) electrons. The molecule has 134 valence electrons. The van der Waals surface area contributed by atoms with Crippen LogP contribution in [0.15, 0.2) is 60.4 Å². The maximum atomic E-state index is 12.1. The fourth-order valence-corrected chi connectivity index (χ4v) is 3.89. The normalized spacial score (nSPS) is 19.3. The minimum Gasteiger partial charge on any atom is -0.478 e. The quantitative estimate of drug-likeness (QED) is 0.776. The first-order chi connectivity index (χ1) is 12.5. The summed E-state index contributed by atoms with van der Waals surface area (Å²) in [5.41, 5.74) is 1.47. The number of fused-ring (bicyclic) bond motifs is 1. The van der Waals surface area contributed by atoms with E-state index in [0.717, 1.165) is 22.9 Å². The molecule has 0 aliphatic carbocycles. The molecular formula is C20H20N2O4. The van der Waals surface area contributed by atoms with Crippen molar-refractivity contribution in [2.45, 2.75) is 31.8 Å². The fraction of sp³-hybridized carbons (Fsp3) is 0.250. The Labute approximate surface area is 151 Å². The van der Waals surface area contributed by atoms with E-state index in [4.69, 9.17) is 0 Å². The summed E-state index contributed by atoms with van der Waals surface area (Å²) in [5.74, 6) is -2.49. The van der Waals surface area contributed by atoms with E-state index in [1.165, 1.54) is 0 Å². The van der Waals surface area contributed by atoms with Gasteiger partial charge in [0.1, 0.15) is 0 Å². The third kappa shape index (κ3) is 2.83. The average Bonchev–Trinajstić information content (AvgIpc) is 2.96. The smallest absolute Gasteiger partial charge is 0.334 e. The number of aromatic nitrogens is 1. The van der Waals surface area contributed by atoms with Crippen LogP contribution in [0.1, 0.15) is 30.9 Å². The lowest BCUT2D eigenvalue weighted by Crippen LogP contribution is -2.45.